The molecular formula is C18H30N2. The Morgan fingerprint density at radius 2 is 1.95 bits per heavy atom. The lowest BCUT2D eigenvalue weighted by atomic mass is 10.1. The molecule has 1 fully saturated rings. The summed E-state index contributed by atoms with van der Waals surface area (Å²) < 4.78 is 0. The zero-order chi connectivity index (χ0) is 14.5. The lowest BCUT2D eigenvalue weighted by Gasteiger charge is -2.27. The molecule has 1 aromatic rings. The molecule has 20 heavy (non-hydrogen) atoms. The van der Waals surface area contributed by atoms with Gasteiger partial charge in [0.15, 0.2) is 0 Å². The molecule has 0 aliphatic heterocycles. The van der Waals surface area contributed by atoms with Gasteiger partial charge in [0.25, 0.3) is 0 Å². The Labute approximate surface area is 124 Å². The predicted octanol–water partition coefficient (Wildman–Crippen LogP) is 4.12. The summed E-state index contributed by atoms with van der Waals surface area (Å²) in [6, 6.07) is 7.69. The zero-order valence-corrected chi connectivity index (χ0v) is 13.6. The average molecular weight is 274 g/mol. The number of nitrogens with one attached hydrogen (secondary N) is 1. The van der Waals surface area contributed by atoms with Gasteiger partial charge < -0.3 is 10.2 Å². The van der Waals surface area contributed by atoms with E-state index in [9.17, 15) is 0 Å². The molecule has 0 radical (unpaired) electrons. The normalized spacial score (nSPS) is 16.1. The van der Waals surface area contributed by atoms with Gasteiger partial charge in [-0.05, 0) is 55.5 Å². The second kappa shape index (κ2) is 7.12. The van der Waals surface area contributed by atoms with E-state index in [0.717, 1.165) is 19.1 Å². The van der Waals surface area contributed by atoms with Crippen LogP contribution in [0.4, 0.5) is 5.69 Å². The Balaban J connectivity index is 1.97. The molecule has 0 amide bonds. The maximum absolute atomic E-state index is 3.53. The van der Waals surface area contributed by atoms with Crippen molar-refractivity contribution in [3.63, 3.8) is 0 Å². The minimum Gasteiger partial charge on any atom is -0.372 e. The highest BCUT2D eigenvalue weighted by molar-refractivity contribution is 5.51. The lowest BCUT2D eigenvalue weighted by molar-refractivity contribution is 0.551. The van der Waals surface area contributed by atoms with E-state index in [1.807, 2.05) is 0 Å². The van der Waals surface area contributed by atoms with E-state index in [0.29, 0.717) is 5.92 Å². The molecule has 1 aliphatic rings. The predicted molar refractivity (Wildman–Crippen MR) is 88.4 cm³/mol. The minimum atomic E-state index is 0.711. The van der Waals surface area contributed by atoms with Gasteiger partial charge in [-0.1, -0.05) is 32.8 Å². The largest absolute Gasteiger partial charge is 0.372 e. The number of hydrogen-bond acceptors (Lipinski definition) is 2. The summed E-state index contributed by atoms with van der Waals surface area (Å²) in [4.78, 5) is 2.48. The number of nitrogens with zero attached hydrogens (tertiary/aromatic N) is 1. The first-order valence-corrected chi connectivity index (χ1v) is 8.11. The van der Waals surface area contributed by atoms with Crippen LogP contribution in [0, 0.1) is 12.8 Å². The van der Waals surface area contributed by atoms with Crippen LogP contribution in [-0.4, -0.2) is 19.6 Å². The molecule has 0 saturated heterocycles. The van der Waals surface area contributed by atoms with Gasteiger partial charge in [0.05, 0.1) is 0 Å². The number of rotatable bonds is 6. The molecule has 0 atom stereocenters. The molecule has 0 unspecified atom stereocenters. The average Bonchev–Trinajstić information content (AvgIpc) is 2.93. The SMILES string of the molecule is Cc1cc(N(C)C2CCCC2)ccc1CNCC(C)C. The van der Waals surface area contributed by atoms with E-state index in [2.05, 4.69) is 56.2 Å². The van der Waals surface area contributed by atoms with Crippen LogP contribution in [0.25, 0.3) is 0 Å². The van der Waals surface area contributed by atoms with Crippen molar-refractivity contribution in [3.05, 3.63) is 29.3 Å². The molecule has 2 nitrogen and oxygen atoms in total. The molecule has 0 spiro atoms. The van der Waals surface area contributed by atoms with Crippen LogP contribution < -0.4 is 10.2 Å². The molecule has 1 saturated carbocycles. The molecule has 2 heteroatoms. The third-order valence-corrected chi connectivity index (χ3v) is 4.47. The Morgan fingerprint density at radius 1 is 1.25 bits per heavy atom. The lowest BCUT2D eigenvalue weighted by Crippen LogP contribution is -2.28. The van der Waals surface area contributed by atoms with Crippen LogP contribution in [0.15, 0.2) is 18.2 Å². The summed E-state index contributed by atoms with van der Waals surface area (Å²) in [5.74, 6) is 0.711. The summed E-state index contributed by atoms with van der Waals surface area (Å²) in [6.45, 7) is 8.80. The van der Waals surface area contributed by atoms with Gasteiger partial charge in [0, 0.05) is 25.3 Å². The second-order valence-electron chi connectivity index (χ2n) is 6.68. The zero-order valence-electron chi connectivity index (χ0n) is 13.6. The molecule has 112 valence electrons. The van der Waals surface area contributed by atoms with E-state index < -0.39 is 0 Å². The number of aryl methyl sites for hydroxylation is 1. The van der Waals surface area contributed by atoms with Gasteiger partial charge in [-0.15, -0.1) is 0 Å². The molecule has 0 aromatic heterocycles. The van der Waals surface area contributed by atoms with E-state index in [4.69, 9.17) is 0 Å². The standard InChI is InChI=1S/C18H30N2/c1-14(2)12-19-13-16-9-10-18(11-15(16)3)20(4)17-7-5-6-8-17/h9-11,14,17,19H,5-8,12-13H2,1-4H3. The number of hydrogen-bond donors (Lipinski definition) is 1. The topological polar surface area (TPSA) is 15.3 Å². The van der Waals surface area contributed by atoms with Crippen LogP contribution in [-0.2, 0) is 6.54 Å². The van der Waals surface area contributed by atoms with Crippen molar-refractivity contribution in [2.75, 3.05) is 18.5 Å². The number of benzene rings is 1. The first-order valence-electron chi connectivity index (χ1n) is 8.11. The summed E-state index contributed by atoms with van der Waals surface area (Å²) in [5, 5.41) is 3.53. The molecule has 0 bridgehead atoms. The van der Waals surface area contributed by atoms with Crippen molar-refractivity contribution in [3.8, 4) is 0 Å². The van der Waals surface area contributed by atoms with E-state index in [-0.39, 0.29) is 0 Å². The van der Waals surface area contributed by atoms with E-state index in [1.165, 1.54) is 42.5 Å². The molecule has 1 N–H and O–H groups in total. The fourth-order valence-electron chi connectivity index (χ4n) is 3.10. The second-order valence-corrected chi connectivity index (χ2v) is 6.68. The maximum Gasteiger partial charge on any atom is 0.0368 e. The Morgan fingerprint density at radius 3 is 2.55 bits per heavy atom. The van der Waals surface area contributed by atoms with Gasteiger partial charge in [-0.2, -0.15) is 0 Å². The van der Waals surface area contributed by atoms with Gasteiger partial charge in [0.1, 0.15) is 0 Å². The van der Waals surface area contributed by atoms with Crippen LogP contribution in [0.1, 0.15) is 50.7 Å². The summed E-state index contributed by atoms with van der Waals surface area (Å²) in [7, 11) is 2.25. The number of anilines is 1. The van der Waals surface area contributed by atoms with Crippen molar-refractivity contribution in [1.29, 1.82) is 0 Å². The quantitative estimate of drug-likeness (QED) is 0.839. The first kappa shape index (κ1) is 15.4. The summed E-state index contributed by atoms with van der Waals surface area (Å²) in [6.07, 6.45) is 5.50. The molecular weight excluding hydrogens is 244 g/mol. The summed E-state index contributed by atoms with van der Waals surface area (Å²) in [5.41, 5.74) is 4.21. The van der Waals surface area contributed by atoms with Gasteiger partial charge >= 0.3 is 0 Å². The van der Waals surface area contributed by atoms with E-state index in [1.54, 1.807) is 0 Å². The van der Waals surface area contributed by atoms with Gasteiger partial charge in [0.2, 0.25) is 0 Å². The van der Waals surface area contributed by atoms with Crippen molar-refractivity contribution in [2.24, 2.45) is 5.92 Å². The third-order valence-electron chi connectivity index (χ3n) is 4.47. The van der Waals surface area contributed by atoms with Crippen molar-refractivity contribution in [1.82, 2.24) is 5.32 Å². The van der Waals surface area contributed by atoms with Crippen LogP contribution in [0.3, 0.4) is 0 Å². The monoisotopic (exact) mass is 274 g/mol. The van der Waals surface area contributed by atoms with E-state index >= 15 is 0 Å². The Hall–Kier alpha value is -1.02. The Kier molecular flexibility index (Phi) is 5.47. The first-order chi connectivity index (χ1) is 9.58. The molecule has 2 rings (SSSR count). The molecule has 1 aromatic carbocycles. The third kappa shape index (κ3) is 3.99. The van der Waals surface area contributed by atoms with Crippen molar-refractivity contribution in [2.45, 2.75) is 59.0 Å². The minimum absolute atomic E-state index is 0.711. The molecule has 0 heterocycles. The summed E-state index contributed by atoms with van der Waals surface area (Å²) >= 11 is 0. The molecule has 1 aliphatic carbocycles. The highest BCUT2D eigenvalue weighted by Gasteiger charge is 2.19. The van der Waals surface area contributed by atoms with Gasteiger partial charge in [-0.25, -0.2) is 0 Å². The highest BCUT2D eigenvalue weighted by Crippen LogP contribution is 2.28. The maximum atomic E-state index is 3.53. The Bertz CT molecular complexity index is 419. The van der Waals surface area contributed by atoms with Crippen molar-refractivity contribution < 1.29 is 0 Å². The smallest absolute Gasteiger partial charge is 0.0368 e. The van der Waals surface area contributed by atoms with Crippen molar-refractivity contribution >= 4 is 5.69 Å². The van der Waals surface area contributed by atoms with Gasteiger partial charge in [-0.3, -0.25) is 0 Å². The van der Waals surface area contributed by atoms with Crippen LogP contribution in [0.2, 0.25) is 0 Å². The van der Waals surface area contributed by atoms with Crippen LogP contribution >= 0.6 is 0 Å². The fourth-order valence-corrected chi connectivity index (χ4v) is 3.10. The van der Waals surface area contributed by atoms with Crippen LogP contribution in [0.5, 0.6) is 0 Å². The fraction of sp³-hybridized carbons (Fsp3) is 0.667. The highest BCUT2D eigenvalue weighted by atomic mass is 15.1.